The van der Waals surface area contributed by atoms with Gasteiger partial charge in [0.05, 0.1) is 0 Å². The molecule has 16 heavy (non-hydrogen) atoms. The minimum atomic E-state index is -2.36. The van der Waals surface area contributed by atoms with Crippen LogP contribution in [-0.4, -0.2) is 30.4 Å². The van der Waals surface area contributed by atoms with Crippen LogP contribution in [-0.2, 0) is 9.05 Å². The predicted molar refractivity (Wildman–Crippen MR) is 68.9 cm³/mol. The van der Waals surface area contributed by atoms with E-state index >= 15 is 0 Å². The zero-order chi connectivity index (χ0) is 12.6. The number of rotatable bonds is 9. The highest BCUT2D eigenvalue weighted by Crippen LogP contribution is 2.31. The van der Waals surface area contributed by atoms with Gasteiger partial charge in [-0.05, 0) is 25.7 Å². The molecule has 98 valence electrons. The van der Waals surface area contributed by atoms with Crippen molar-refractivity contribution in [1.29, 1.82) is 0 Å². The van der Waals surface area contributed by atoms with Gasteiger partial charge >= 0.3 is 17.2 Å². The lowest BCUT2D eigenvalue weighted by Crippen LogP contribution is -2.04. The van der Waals surface area contributed by atoms with Crippen molar-refractivity contribution < 1.29 is 28.6 Å². The van der Waals surface area contributed by atoms with Crippen LogP contribution in [0.2, 0.25) is 0 Å². The van der Waals surface area contributed by atoms with Gasteiger partial charge in [-0.25, -0.2) is 0 Å². The first-order valence-corrected chi connectivity index (χ1v) is 7.83. The Hall–Kier alpha value is 1.32. The standard InChI is InChI=1S/C6H16O6P2S2/c7-13(8)11-5(15)3-1-2-4-6(16)12-14(9)10/h5-10,15-16H,1-4H2. The molecule has 2 unspecified atom stereocenters. The van der Waals surface area contributed by atoms with Crippen molar-refractivity contribution in [3.8, 4) is 0 Å². The fraction of sp³-hybridized carbons (Fsp3) is 1.00. The highest BCUT2D eigenvalue weighted by atomic mass is 32.1. The molecule has 0 rings (SSSR count). The second-order valence-electron chi connectivity index (χ2n) is 2.91. The molecule has 6 nitrogen and oxygen atoms in total. The predicted octanol–water partition coefficient (Wildman–Crippen LogP) is 1.51. The number of hydrogen-bond donors (Lipinski definition) is 6. The van der Waals surface area contributed by atoms with E-state index in [1.807, 2.05) is 0 Å². The Labute approximate surface area is 108 Å². The van der Waals surface area contributed by atoms with Gasteiger partial charge in [0.1, 0.15) is 10.9 Å². The highest BCUT2D eigenvalue weighted by molar-refractivity contribution is 7.81. The maximum Gasteiger partial charge on any atom is 0.328 e. The first-order chi connectivity index (χ1) is 7.41. The Morgan fingerprint density at radius 3 is 1.38 bits per heavy atom. The Morgan fingerprint density at radius 2 is 1.12 bits per heavy atom. The second kappa shape index (κ2) is 10.3. The zero-order valence-corrected chi connectivity index (χ0v) is 12.0. The Balaban J connectivity index is 3.38. The topological polar surface area (TPSA) is 99.4 Å². The van der Waals surface area contributed by atoms with E-state index in [-0.39, 0.29) is 0 Å². The molecule has 0 bridgehead atoms. The van der Waals surface area contributed by atoms with Gasteiger partial charge in [-0.3, -0.25) is 9.05 Å². The summed E-state index contributed by atoms with van der Waals surface area (Å²) < 4.78 is 9.27. The summed E-state index contributed by atoms with van der Waals surface area (Å²) in [5.41, 5.74) is -1.01. The summed E-state index contributed by atoms with van der Waals surface area (Å²) in [6.45, 7) is 0. The normalized spacial score (nSPS) is 15.8. The maximum absolute atomic E-state index is 8.53. The van der Waals surface area contributed by atoms with Crippen molar-refractivity contribution in [3.63, 3.8) is 0 Å². The molecule has 0 amide bonds. The van der Waals surface area contributed by atoms with Crippen LogP contribution in [0.15, 0.2) is 0 Å². The Morgan fingerprint density at radius 1 is 0.812 bits per heavy atom. The molecule has 0 aromatic rings. The van der Waals surface area contributed by atoms with E-state index in [4.69, 9.17) is 19.6 Å². The minimum absolute atomic E-state index is 0.506. The molecule has 0 radical (unpaired) electrons. The number of hydrogen-bond acceptors (Lipinski definition) is 8. The molecule has 0 fully saturated rings. The van der Waals surface area contributed by atoms with Crippen molar-refractivity contribution in [2.45, 2.75) is 36.6 Å². The van der Waals surface area contributed by atoms with Crippen molar-refractivity contribution >= 4 is 42.5 Å². The first kappa shape index (κ1) is 17.3. The van der Waals surface area contributed by atoms with Gasteiger partial charge in [-0.15, -0.1) is 25.3 Å². The summed E-state index contributed by atoms with van der Waals surface area (Å²) in [6, 6.07) is 0. The quantitative estimate of drug-likeness (QED) is 0.167. The highest BCUT2D eigenvalue weighted by Gasteiger charge is 2.11. The van der Waals surface area contributed by atoms with E-state index in [0.717, 1.165) is 12.8 Å². The molecule has 0 aromatic heterocycles. The van der Waals surface area contributed by atoms with Gasteiger partial charge in [0, 0.05) is 0 Å². The van der Waals surface area contributed by atoms with Gasteiger partial charge in [0.25, 0.3) is 0 Å². The monoisotopic (exact) mass is 310 g/mol. The second-order valence-corrected chi connectivity index (χ2v) is 5.49. The van der Waals surface area contributed by atoms with E-state index in [1.54, 1.807) is 0 Å². The molecule has 10 heteroatoms. The van der Waals surface area contributed by atoms with Crippen LogP contribution in [0, 0.1) is 0 Å². The molecule has 0 heterocycles. The smallest absolute Gasteiger partial charge is 0.328 e. The summed E-state index contributed by atoms with van der Waals surface area (Å²) in [5, 5.41) is 0. The summed E-state index contributed by atoms with van der Waals surface area (Å²) >= 11 is 7.99. The molecule has 0 aliphatic heterocycles. The third-order valence-corrected chi connectivity index (χ3v) is 3.53. The van der Waals surface area contributed by atoms with Gasteiger partial charge < -0.3 is 19.6 Å². The molecule has 2 atom stereocenters. The molecule has 0 aromatic carbocycles. The summed E-state index contributed by atoms with van der Waals surface area (Å²) in [5.74, 6) is 0. The summed E-state index contributed by atoms with van der Waals surface area (Å²) in [7, 11) is -4.73. The van der Waals surface area contributed by atoms with Gasteiger partial charge in [0.15, 0.2) is 0 Å². The van der Waals surface area contributed by atoms with E-state index < -0.39 is 28.1 Å². The largest absolute Gasteiger partial charge is 0.328 e. The van der Waals surface area contributed by atoms with Gasteiger partial charge in [0.2, 0.25) is 0 Å². The fourth-order valence-corrected chi connectivity index (χ4v) is 2.48. The van der Waals surface area contributed by atoms with Crippen LogP contribution in [0.25, 0.3) is 0 Å². The van der Waals surface area contributed by atoms with Crippen molar-refractivity contribution in [3.05, 3.63) is 0 Å². The summed E-state index contributed by atoms with van der Waals surface area (Å²) in [4.78, 5) is 34.1. The number of thiol groups is 2. The molecule has 4 N–H and O–H groups in total. The lowest BCUT2D eigenvalue weighted by atomic mass is 10.2. The van der Waals surface area contributed by atoms with Crippen LogP contribution >= 0.6 is 42.5 Å². The van der Waals surface area contributed by atoms with E-state index in [2.05, 4.69) is 34.3 Å². The van der Waals surface area contributed by atoms with Gasteiger partial charge in [-0.2, -0.15) is 0 Å². The molecule has 0 aliphatic rings. The van der Waals surface area contributed by atoms with Crippen LogP contribution in [0.3, 0.4) is 0 Å². The lowest BCUT2D eigenvalue weighted by molar-refractivity contribution is 0.214. The zero-order valence-electron chi connectivity index (χ0n) is 8.38. The fourth-order valence-electron chi connectivity index (χ4n) is 0.961. The molecule has 0 spiro atoms. The average Bonchev–Trinajstić information content (AvgIpc) is 2.10. The average molecular weight is 310 g/mol. The van der Waals surface area contributed by atoms with Crippen LogP contribution in [0.1, 0.15) is 25.7 Å². The van der Waals surface area contributed by atoms with E-state index in [0.29, 0.717) is 12.8 Å². The summed E-state index contributed by atoms with van der Waals surface area (Å²) in [6.07, 6.45) is 2.62. The third-order valence-electron chi connectivity index (χ3n) is 1.58. The molecule has 0 saturated heterocycles. The number of unbranched alkanes of at least 4 members (excludes halogenated alkanes) is 1. The van der Waals surface area contributed by atoms with E-state index in [1.165, 1.54) is 0 Å². The molecular weight excluding hydrogens is 294 g/mol. The Bertz CT molecular complexity index is 157. The van der Waals surface area contributed by atoms with Gasteiger partial charge in [-0.1, -0.05) is 0 Å². The SMILES string of the molecule is OP(O)OC(S)CCCCC(S)OP(O)O. The van der Waals surface area contributed by atoms with Crippen molar-refractivity contribution in [2.75, 3.05) is 0 Å². The first-order valence-electron chi connectivity index (χ1n) is 4.47. The van der Waals surface area contributed by atoms with E-state index in [9.17, 15) is 0 Å². The van der Waals surface area contributed by atoms with Crippen LogP contribution in [0.4, 0.5) is 0 Å². The molecular formula is C6H16O6P2S2. The molecule has 0 saturated carbocycles. The van der Waals surface area contributed by atoms with Crippen molar-refractivity contribution in [2.24, 2.45) is 0 Å². The van der Waals surface area contributed by atoms with Crippen LogP contribution in [0.5, 0.6) is 0 Å². The third kappa shape index (κ3) is 11.8. The minimum Gasteiger partial charge on any atom is -0.328 e. The van der Waals surface area contributed by atoms with Crippen molar-refractivity contribution in [1.82, 2.24) is 0 Å². The Kier molecular flexibility index (Phi) is 11.1. The maximum atomic E-state index is 8.53. The lowest BCUT2D eigenvalue weighted by Gasteiger charge is -2.14. The van der Waals surface area contributed by atoms with Crippen LogP contribution < -0.4 is 0 Å². The molecule has 0 aliphatic carbocycles.